The molecule has 0 aliphatic carbocycles. The molecular formula is C8H6N2Sn. The molecule has 1 aromatic carbocycles. The Hall–Kier alpha value is -0.641. The van der Waals surface area contributed by atoms with Crippen LogP contribution in [0.5, 0.6) is 0 Å². The van der Waals surface area contributed by atoms with Crippen LogP contribution < -0.4 is 3.58 Å². The Morgan fingerprint density at radius 1 is 1.00 bits per heavy atom. The molecule has 0 fully saturated rings. The molecule has 3 heteroatoms. The second-order valence-electron chi connectivity index (χ2n) is 2.38. The van der Waals surface area contributed by atoms with E-state index in [0.717, 1.165) is 27.9 Å². The summed E-state index contributed by atoms with van der Waals surface area (Å²) in [6.07, 6.45) is 3.59. The minimum absolute atomic E-state index is 1.16. The number of hydrogen-bond acceptors (Lipinski definition) is 2. The zero-order valence-corrected chi connectivity index (χ0v) is 9.15. The summed E-state index contributed by atoms with van der Waals surface area (Å²) in [5.74, 6) is 0. The number of rotatable bonds is 0. The van der Waals surface area contributed by atoms with Crippen molar-refractivity contribution in [3.63, 3.8) is 0 Å². The molecule has 0 N–H and O–H groups in total. The van der Waals surface area contributed by atoms with Crippen molar-refractivity contribution in [2.24, 2.45) is 0 Å². The molecule has 0 saturated heterocycles. The van der Waals surface area contributed by atoms with Crippen LogP contribution in [0.15, 0.2) is 30.6 Å². The van der Waals surface area contributed by atoms with Gasteiger partial charge >= 0.3 is 77.7 Å². The molecule has 0 amide bonds. The van der Waals surface area contributed by atoms with Gasteiger partial charge in [0.15, 0.2) is 0 Å². The fourth-order valence-electron chi connectivity index (χ4n) is 1.01. The molecule has 1 aromatic heterocycles. The summed E-state index contributed by atoms with van der Waals surface area (Å²) in [4.78, 5) is 0. The molecule has 0 unspecified atom stereocenters. The summed E-state index contributed by atoms with van der Waals surface area (Å²) >= 11 is 1.16. The zero-order valence-electron chi connectivity index (χ0n) is 5.86. The molecule has 2 nitrogen and oxygen atoms in total. The van der Waals surface area contributed by atoms with E-state index >= 15 is 0 Å². The monoisotopic (exact) mass is 250 g/mol. The maximum absolute atomic E-state index is 3.82. The molecule has 0 spiro atoms. The zero-order chi connectivity index (χ0) is 7.68. The SMILES string of the molecule is [SnH][c]1ccc2cnncc2c1. The van der Waals surface area contributed by atoms with Gasteiger partial charge in [-0.05, 0) is 0 Å². The van der Waals surface area contributed by atoms with E-state index < -0.39 is 0 Å². The first-order chi connectivity index (χ1) is 5.36. The van der Waals surface area contributed by atoms with Gasteiger partial charge in [-0.2, -0.15) is 0 Å². The number of fused-ring (bicyclic) bond motifs is 1. The van der Waals surface area contributed by atoms with E-state index in [9.17, 15) is 0 Å². The molecule has 0 aliphatic rings. The van der Waals surface area contributed by atoms with E-state index in [1.54, 1.807) is 12.4 Å². The van der Waals surface area contributed by atoms with E-state index in [1.807, 2.05) is 0 Å². The summed E-state index contributed by atoms with van der Waals surface area (Å²) in [7, 11) is 0. The molecule has 0 saturated carbocycles. The average molecular weight is 249 g/mol. The Kier molecular flexibility index (Phi) is 1.77. The third-order valence-electron chi connectivity index (χ3n) is 1.57. The van der Waals surface area contributed by atoms with Crippen molar-refractivity contribution in [3.8, 4) is 0 Å². The van der Waals surface area contributed by atoms with E-state index in [0.29, 0.717) is 0 Å². The summed E-state index contributed by atoms with van der Waals surface area (Å²) < 4.78 is 1.39. The van der Waals surface area contributed by atoms with Crippen LogP contribution in [0.3, 0.4) is 0 Å². The molecule has 2 radical (unpaired) electrons. The number of aromatic nitrogens is 2. The van der Waals surface area contributed by atoms with Crippen molar-refractivity contribution < 1.29 is 0 Å². The summed E-state index contributed by atoms with van der Waals surface area (Å²) in [6.45, 7) is 0. The van der Waals surface area contributed by atoms with Gasteiger partial charge in [0.1, 0.15) is 0 Å². The molecule has 1 heterocycles. The van der Waals surface area contributed by atoms with Crippen LogP contribution in [-0.2, 0) is 0 Å². The third kappa shape index (κ3) is 1.35. The number of hydrogen-bond donors (Lipinski definition) is 0. The molecule has 2 aromatic rings. The van der Waals surface area contributed by atoms with Gasteiger partial charge in [-0.3, -0.25) is 0 Å². The van der Waals surface area contributed by atoms with Crippen LogP contribution in [-0.4, -0.2) is 32.7 Å². The van der Waals surface area contributed by atoms with Gasteiger partial charge in [-0.25, -0.2) is 0 Å². The molecule has 0 atom stereocenters. The Morgan fingerprint density at radius 2 is 1.73 bits per heavy atom. The first kappa shape index (κ1) is 7.03. The van der Waals surface area contributed by atoms with E-state index in [2.05, 4.69) is 28.4 Å². The maximum atomic E-state index is 3.82. The van der Waals surface area contributed by atoms with E-state index in [4.69, 9.17) is 0 Å². The van der Waals surface area contributed by atoms with Crippen LogP contribution in [0.1, 0.15) is 0 Å². The van der Waals surface area contributed by atoms with Crippen molar-refractivity contribution in [2.45, 2.75) is 0 Å². The standard InChI is InChI=1S/C8H5N2.Sn.H/c1-2-4-8-6-10-9-5-7(8)3-1;;/h1,3-6H;;. The topological polar surface area (TPSA) is 25.8 Å². The number of nitrogens with zero attached hydrogens (tertiary/aromatic N) is 2. The molecule has 2 rings (SSSR count). The minimum atomic E-state index is 1.16. The number of benzene rings is 1. The molecule has 0 aliphatic heterocycles. The Morgan fingerprint density at radius 3 is 2.55 bits per heavy atom. The predicted octanol–water partition coefficient (Wildman–Crippen LogP) is 0.156. The van der Waals surface area contributed by atoms with E-state index in [1.165, 1.54) is 8.97 Å². The van der Waals surface area contributed by atoms with E-state index in [-0.39, 0.29) is 0 Å². The summed E-state index contributed by atoms with van der Waals surface area (Å²) in [6, 6.07) is 6.38. The second kappa shape index (κ2) is 2.77. The fourth-order valence-corrected chi connectivity index (χ4v) is 1.80. The van der Waals surface area contributed by atoms with Crippen LogP contribution >= 0.6 is 0 Å². The second-order valence-corrected chi connectivity index (χ2v) is 4.28. The van der Waals surface area contributed by atoms with Crippen molar-refractivity contribution in [3.05, 3.63) is 30.6 Å². The predicted molar refractivity (Wildman–Crippen MR) is 46.3 cm³/mol. The van der Waals surface area contributed by atoms with Gasteiger partial charge in [0, 0.05) is 0 Å². The van der Waals surface area contributed by atoms with Gasteiger partial charge in [0.25, 0.3) is 0 Å². The molecule has 52 valence electrons. The van der Waals surface area contributed by atoms with Crippen LogP contribution in [0.25, 0.3) is 10.8 Å². The van der Waals surface area contributed by atoms with Gasteiger partial charge < -0.3 is 0 Å². The van der Waals surface area contributed by atoms with Crippen molar-refractivity contribution in [2.75, 3.05) is 0 Å². The first-order valence-corrected chi connectivity index (χ1v) is 4.97. The molecular weight excluding hydrogens is 243 g/mol. The van der Waals surface area contributed by atoms with Gasteiger partial charge in [-0.1, -0.05) is 0 Å². The fraction of sp³-hybridized carbons (Fsp3) is 0. The van der Waals surface area contributed by atoms with Crippen molar-refractivity contribution in [1.82, 2.24) is 10.2 Å². The van der Waals surface area contributed by atoms with Gasteiger partial charge in [0.05, 0.1) is 0 Å². The van der Waals surface area contributed by atoms with Crippen molar-refractivity contribution in [1.29, 1.82) is 0 Å². The first-order valence-electron chi connectivity index (χ1n) is 3.32. The quantitative estimate of drug-likeness (QED) is 0.621. The summed E-state index contributed by atoms with van der Waals surface area (Å²) in [5.41, 5.74) is 0. The average Bonchev–Trinajstić information content (AvgIpc) is 2.04. The van der Waals surface area contributed by atoms with Crippen LogP contribution in [0.4, 0.5) is 0 Å². The van der Waals surface area contributed by atoms with Crippen LogP contribution in [0.2, 0.25) is 0 Å². The summed E-state index contributed by atoms with van der Waals surface area (Å²) in [5, 5.41) is 9.97. The molecule has 0 bridgehead atoms. The Labute approximate surface area is 77.7 Å². The Balaban J connectivity index is 2.83. The van der Waals surface area contributed by atoms with Gasteiger partial charge in [-0.15, -0.1) is 0 Å². The Bertz CT molecular complexity index is 387. The van der Waals surface area contributed by atoms with Crippen molar-refractivity contribution >= 4 is 36.9 Å². The van der Waals surface area contributed by atoms with Crippen LogP contribution in [0, 0.1) is 0 Å². The van der Waals surface area contributed by atoms with Gasteiger partial charge in [0.2, 0.25) is 0 Å². The normalized spacial score (nSPS) is 10.3. The third-order valence-corrected chi connectivity index (χ3v) is 2.60. The molecule has 11 heavy (non-hydrogen) atoms.